The van der Waals surface area contributed by atoms with E-state index in [1.54, 1.807) is 7.05 Å². The van der Waals surface area contributed by atoms with Crippen molar-refractivity contribution < 1.29 is 4.84 Å². The van der Waals surface area contributed by atoms with E-state index in [0.29, 0.717) is 6.61 Å². The topological polar surface area (TPSA) is 33.3 Å². The van der Waals surface area contributed by atoms with Gasteiger partial charge in [0.1, 0.15) is 0 Å². The maximum absolute atomic E-state index is 4.76. The molecule has 2 N–H and O–H groups in total. The van der Waals surface area contributed by atoms with Crippen LogP contribution < -0.4 is 10.8 Å². The molecule has 0 amide bonds. The van der Waals surface area contributed by atoms with Crippen LogP contribution in [-0.2, 0) is 4.84 Å². The molecule has 0 aliphatic heterocycles. The van der Waals surface area contributed by atoms with Gasteiger partial charge in [-0.2, -0.15) is 0 Å². The molecule has 0 aliphatic rings. The lowest BCUT2D eigenvalue weighted by atomic mass is 10.7. The molecule has 0 aromatic carbocycles. The monoisotopic (exact) mass is 104 g/mol. The lowest BCUT2D eigenvalue weighted by molar-refractivity contribution is 0.0610. The largest absolute Gasteiger partial charge is 0.317 e. The Hall–Kier alpha value is -0.120. The maximum atomic E-state index is 4.76. The number of hydroxylamine groups is 1. The number of likely N-dealkylation sites (N-methyl/N-ethyl adjacent to an activating group) is 1. The van der Waals surface area contributed by atoms with Crippen molar-refractivity contribution in [2.24, 2.45) is 0 Å². The summed E-state index contributed by atoms with van der Waals surface area (Å²) in [4.78, 5) is 4.76. The summed E-state index contributed by atoms with van der Waals surface area (Å²) in [6.45, 7) is 1.60. The first-order valence-corrected chi connectivity index (χ1v) is 2.35. The lowest BCUT2D eigenvalue weighted by Gasteiger charge is -1.97. The fraction of sp³-hybridized carbons (Fsp3) is 1.00. The zero-order chi connectivity index (χ0) is 5.54. The van der Waals surface area contributed by atoms with Gasteiger partial charge in [0.25, 0.3) is 0 Å². The second-order valence-corrected chi connectivity index (χ2v) is 1.16. The summed E-state index contributed by atoms with van der Waals surface area (Å²) < 4.78 is 0. The van der Waals surface area contributed by atoms with Crippen LogP contribution in [0.1, 0.15) is 0 Å². The standard InChI is InChI=1S/C4H12N2O/c1-5-3-4-7-6-2/h5-6H,3-4H2,1-2H3. The molecule has 7 heavy (non-hydrogen) atoms. The average molecular weight is 104 g/mol. The van der Waals surface area contributed by atoms with Crippen LogP contribution in [0.2, 0.25) is 0 Å². The van der Waals surface area contributed by atoms with Crippen LogP contribution in [0.3, 0.4) is 0 Å². The van der Waals surface area contributed by atoms with Crippen LogP contribution in [0, 0.1) is 0 Å². The van der Waals surface area contributed by atoms with E-state index in [1.165, 1.54) is 0 Å². The second kappa shape index (κ2) is 5.88. The molecule has 0 fully saturated rings. The number of hydrogen-bond acceptors (Lipinski definition) is 3. The maximum Gasteiger partial charge on any atom is 0.0806 e. The molecular weight excluding hydrogens is 92.1 g/mol. The molecule has 0 spiro atoms. The van der Waals surface area contributed by atoms with Gasteiger partial charge in [0.05, 0.1) is 6.61 Å². The van der Waals surface area contributed by atoms with E-state index in [0.717, 1.165) is 6.54 Å². The van der Waals surface area contributed by atoms with Gasteiger partial charge >= 0.3 is 0 Å². The van der Waals surface area contributed by atoms with E-state index in [9.17, 15) is 0 Å². The summed E-state index contributed by atoms with van der Waals surface area (Å²) in [5.41, 5.74) is 2.56. The van der Waals surface area contributed by atoms with Gasteiger partial charge in [-0.25, -0.2) is 5.48 Å². The predicted molar refractivity (Wildman–Crippen MR) is 28.9 cm³/mol. The van der Waals surface area contributed by atoms with Gasteiger partial charge in [-0.1, -0.05) is 0 Å². The van der Waals surface area contributed by atoms with E-state index in [-0.39, 0.29) is 0 Å². The van der Waals surface area contributed by atoms with Crippen molar-refractivity contribution in [2.75, 3.05) is 27.2 Å². The first kappa shape index (κ1) is 6.88. The Bertz CT molecular complexity index is 28.9. The van der Waals surface area contributed by atoms with Crippen LogP contribution in [0.25, 0.3) is 0 Å². The lowest BCUT2D eigenvalue weighted by Crippen LogP contribution is -2.18. The molecule has 0 unspecified atom stereocenters. The normalized spacial score (nSPS) is 9.43. The van der Waals surface area contributed by atoms with Crippen molar-refractivity contribution in [1.29, 1.82) is 0 Å². The summed E-state index contributed by atoms with van der Waals surface area (Å²) in [6.07, 6.45) is 0. The third-order valence-electron chi connectivity index (χ3n) is 0.598. The third-order valence-corrected chi connectivity index (χ3v) is 0.598. The Balaban J connectivity index is 2.45. The Morgan fingerprint density at radius 3 is 2.57 bits per heavy atom. The van der Waals surface area contributed by atoms with Gasteiger partial charge < -0.3 is 10.2 Å². The minimum absolute atomic E-state index is 0.715. The van der Waals surface area contributed by atoms with Crippen LogP contribution in [0.5, 0.6) is 0 Å². The molecule has 0 saturated carbocycles. The van der Waals surface area contributed by atoms with E-state index >= 15 is 0 Å². The second-order valence-electron chi connectivity index (χ2n) is 1.16. The molecular formula is C4H12N2O. The highest BCUT2D eigenvalue weighted by Gasteiger charge is 1.76. The molecule has 0 atom stereocenters. The fourth-order valence-electron chi connectivity index (χ4n) is 0.255. The smallest absolute Gasteiger partial charge is 0.0806 e. The molecule has 0 aliphatic carbocycles. The quantitative estimate of drug-likeness (QED) is 0.367. The van der Waals surface area contributed by atoms with Crippen molar-refractivity contribution in [3.05, 3.63) is 0 Å². The Morgan fingerprint density at radius 1 is 1.43 bits per heavy atom. The molecule has 0 aromatic rings. The van der Waals surface area contributed by atoms with Gasteiger partial charge in [0, 0.05) is 13.6 Å². The number of nitrogens with one attached hydrogen (secondary N) is 2. The van der Waals surface area contributed by atoms with Crippen molar-refractivity contribution in [3.63, 3.8) is 0 Å². The Kier molecular flexibility index (Phi) is 5.78. The zero-order valence-corrected chi connectivity index (χ0v) is 4.82. The van der Waals surface area contributed by atoms with E-state index < -0.39 is 0 Å². The molecule has 0 heterocycles. The highest BCUT2D eigenvalue weighted by atomic mass is 16.6. The van der Waals surface area contributed by atoms with E-state index in [4.69, 9.17) is 4.84 Å². The van der Waals surface area contributed by atoms with Crippen molar-refractivity contribution in [1.82, 2.24) is 10.8 Å². The minimum atomic E-state index is 0.715. The molecule has 0 radical (unpaired) electrons. The zero-order valence-electron chi connectivity index (χ0n) is 4.82. The molecule has 3 heteroatoms. The van der Waals surface area contributed by atoms with Crippen LogP contribution in [-0.4, -0.2) is 27.2 Å². The van der Waals surface area contributed by atoms with E-state index in [1.807, 2.05) is 7.05 Å². The highest BCUT2D eigenvalue weighted by Crippen LogP contribution is 1.58. The van der Waals surface area contributed by atoms with Crippen molar-refractivity contribution >= 4 is 0 Å². The van der Waals surface area contributed by atoms with E-state index in [2.05, 4.69) is 10.8 Å². The third kappa shape index (κ3) is 5.88. The average Bonchev–Trinajstić information content (AvgIpc) is 1.69. The van der Waals surface area contributed by atoms with Gasteiger partial charge in [-0.3, -0.25) is 0 Å². The van der Waals surface area contributed by atoms with Crippen molar-refractivity contribution in [2.45, 2.75) is 0 Å². The SMILES string of the molecule is CNCCONC. The van der Waals surface area contributed by atoms with Crippen LogP contribution >= 0.6 is 0 Å². The van der Waals surface area contributed by atoms with Gasteiger partial charge in [0.15, 0.2) is 0 Å². The molecule has 0 aromatic heterocycles. The molecule has 0 saturated heterocycles. The summed E-state index contributed by atoms with van der Waals surface area (Å²) in [6, 6.07) is 0. The Morgan fingerprint density at radius 2 is 2.14 bits per heavy atom. The summed E-state index contributed by atoms with van der Waals surface area (Å²) in [5.74, 6) is 0. The fourth-order valence-corrected chi connectivity index (χ4v) is 0.255. The summed E-state index contributed by atoms with van der Waals surface area (Å²) >= 11 is 0. The molecule has 0 bridgehead atoms. The van der Waals surface area contributed by atoms with Crippen molar-refractivity contribution in [3.8, 4) is 0 Å². The molecule has 3 nitrogen and oxygen atoms in total. The first-order valence-electron chi connectivity index (χ1n) is 2.35. The van der Waals surface area contributed by atoms with Gasteiger partial charge in [-0.15, -0.1) is 0 Å². The Labute approximate surface area is 44.0 Å². The number of hydrogen-bond donors (Lipinski definition) is 2. The van der Waals surface area contributed by atoms with Crippen LogP contribution in [0.4, 0.5) is 0 Å². The summed E-state index contributed by atoms with van der Waals surface area (Å²) in [7, 11) is 3.63. The molecule has 44 valence electrons. The highest BCUT2D eigenvalue weighted by molar-refractivity contribution is 4.30. The first-order chi connectivity index (χ1) is 3.41. The molecule has 0 rings (SSSR count). The number of rotatable bonds is 4. The minimum Gasteiger partial charge on any atom is -0.317 e. The van der Waals surface area contributed by atoms with Crippen LogP contribution in [0.15, 0.2) is 0 Å². The predicted octanol–water partition coefficient (Wildman–Crippen LogP) is -0.643. The summed E-state index contributed by atoms with van der Waals surface area (Å²) in [5, 5.41) is 2.94. The van der Waals surface area contributed by atoms with Gasteiger partial charge in [0.2, 0.25) is 0 Å². The van der Waals surface area contributed by atoms with Gasteiger partial charge in [-0.05, 0) is 7.05 Å².